The van der Waals surface area contributed by atoms with Crippen molar-refractivity contribution in [1.82, 2.24) is 9.80 Å². The number of primary amides is 1. The molecule has 2 fully saturated rings. The van der Waals surface area contributed by atoms with Crippen molar-refractivity contribution in [3.8, 4) is 5.75 Å². The van der Waals surface area contributed by atoms with E-state index < -0.39 is 0 Å². The quantitative estimate of drug-likeness (QED) is 0.859. The maximum absolute atomic E-state index is 12.9. The number of methoxy groups -OCH3 is 1. The summed E-state index contributed by atoms with van der Waals surface area (Å²) in [6.45, 7) is 2.65. The van der Waals surface area contributed by atoms with Gasteiger partial charge in [0.05, 0.1) is 13.7 Å². The Morgan fingerprint density at radius 2 is 1.74 bits per heavy atom. The summed E-state index contributed by atoms with van der Waals surface area (Å²) >= 11 is 0. The minimum atomic E-state index is -0.241. The van der Waals surface area contributed by atoms with Crippen LogP contribution in [0.15, 0.2) is 24.3 Å². The summed E-state index contributed by atoms with van der Waals surface area (Å²) in [5.41, 5.74) is 6.65. The number of nitrogens with two attached hydrogens (primary N) is 1. The fourth-order valence-corrected chi connectivity index (χ4v) is 4.25. The van der Waals surface area contributed by atoms with Crippen LogP contribution in [0.1, 0.15) is 50.1 Å². The van der Waals surface area contributed by atoms with E-state index in [0.29, 0.717) is 32.5 Å². The van der Waals surface area contributed by atoms with Crippen LogP contribution in [0.3, 0.4) is 0 Å². The van der Waals surface area contributed by atoms with Crippen LogP contribution in [0.2, 0.25) is 0 Å². The molecule has 3 rings (SSSR count). The van der Waals surface area contributed by atoms with Gasteiger partial charge in [0.15, 0.2) is 0 Å². The van der Waals surface area contributed by atoms with Crippen molar-refractivity contribution < 1.29 is 14.3 Å². The molecule has 1 atom stereocenters. The van der Waals surface area contributed by atoms with Crippen LogP contribution in [0.4, 0.5) is 0 Å². The highest BCUT2D eigenvalue weighted by Crippen LogP contribution is 2.31. The zero-order valence-corrected chi connectivity index (χ0v) is 16.2. The van der Waals surface area contributed by atoms with Gasteiger partial charge in [-0.25, -0.2) is 0 Å². The first-order chi connectivity index (χ1) is 13.1. The van der Waals surface area contributed by atoms with E-state index >= 15 is 0 Å². The van der Waals surface area contributed by atoms with Crippen molar-refractivity contribution in [2.45, 2.75) is 44.6 Å². The van der Waals surface area contributed by atoms with Crippen LogP contribution >= 0.6 is 0 Å². The molecule has 2 aliphatic heterocycles. The molecule has 0 radical (unpaired) electrons. The van der Waals surface area contributed by atoms with Crippen LogP contribution in [-0.2, 0) is 9.59 Å². The normalized spacial score (nSPS) is 22.3. The van der Waals surface area contributed by atoms with Crippen molar-refractivity contribution in [3.63, 3.8) is 0 Å². The van der Waals surface area contributed by atoms with Gasteiger partial charge in [0.25, 0.3) is 0 Å². The summed E-state index contributed by atoms with van der Waals surface area (Å²) in [7, 11) is 1.67. The zero-order chi connectivity index (χ0) is 19.2. The van der Waals surface area contributed by atoms with E-state index in [0.717, 1.165) is 25.1 Å². The minimum absolute atomic E-state index is 0.0840. The molecule has 0 aromatic heterocycles. The largest absolute Gasteiger partial charge is 0.497 e. The number of ether oxygens (including phenoxy) is 1. The summed E-state index contributed by atoms with van der Waals surface area (Å²) in [5.74, 6) is 0.694. The fraction of sp³-hybridized carbons (Fsp3) is 0.619. The number of benzene rings is 1. The third kappa shape index (κ3) is 5.01. The SMILES string of the molecule is COc1ccc([C@@H]2CCCCCN2CC(=O)N2CCC(C(N)=O)CC2)cc1. The number of likely N-dealkylation sites (tertiary alicyclic amines) is 2. The maximum Gasteiger partial charge on any atom is 0.236 e. The van der Waals surface area contributed by atoms with Gasteiger partial charge in [0, 0.05) is 25.0 Å². The average molecular weight is 373 g/mol. The topological polar surface area (TPSA) is 75.9 Å². The van der Waals surface area contributed by atoms with Gasteiger partial charge in [0.2, 0.25) is 11.8 Å². The second-order valence-corrected chi connectivity index (χ2v) is 7.67. The molecular weight excluding hydrogens is 342 g/mol. The van der Waals surface area contributed by atoms with Crippen molar-refractivity contribution in [3.05, 3.63) is 29.8 Å². The van der Waals surface area contributed by atoms with Gasteiger partial charge in [-0.2, -0.15) is 0 Å². The molecule has 2 heterocycles. The Morgan fingerprint density at radius 3 is 2.37 bits per heavy atom. The standard InChI is InChI=1S/C21H31N3O3/c1-27-18-8-6-16(7-9-18)19-5-3-2-4-12-24(19)15-20(25)23-13-10-17(11-14-23)21(22)26/h6-9,17,19H,2-5,10-15H2,1H3,(H2,22,26)/t19-/m0/s1. The van der Waals surface area contributed by atoms with E-state index in [2.05, 4.69) is 17.0 Å². The smallest absolute Gasteiger partial charge is 0.236 e. The average Bonchev–Trinajstić information content (AvgIpc) is 2.93. The lowest BCUT2D eigenvalue weighted by Crippen LogP contribution is -2.46. The highest BCUT2D eigenvalue weighted by Gasteiger charge is 2.29. The first-order valence-corrected chi connectivity index (χ1v) is 10.0. The molecule has 2 N–H and O–H groups in total. The van der Waals surface area contributed by atoms with E-state index in [1.54, 1.807) is 7.11 Å². The van der Waals surface area contributed by atoms with Gasteiger partial charge in [0.1, 0.15) is 5.75 Å². The summed E-state index contributed by atoms with van der Waals surface area (Å²) in [4.78, 5) is 28.4. The van der Waals surface area contributed by atoms with Crippen molar-refractivity contribution in [1.29, 1.82) is 0 Å². The van der Waals surface area contributed by atoms with Gasteiger partial charge in [-0.3, -0.25) is 14.5 Å². The molecule has 2 amide bonds. The number of carbonyl (C=O) groups excluding carboxylic acids is 2. The van der Waals surface area contributed by atoms with Gasteiger partial charge in [-0.15, -0.1) is 0 Å². The Hall–Kier alpha value is -2.08. The van der Waals surface area contributed by atoms with E-state index in [4.69, 9.17) is 10.5 Å². The summed E-state index contributed by atoms with van der Waals surface area (Å²) in [6, 6.07) is 8.49. The zero-order valence-electron chi connectivity index (χ0n) is 16.2. The fourth-order valence-electron chi connectivity index (χ4n) is 4.25. The molecule has 148 valence electrons. The third-order valence-corrected chi connectivity index (χ3v) is 5.95. The van der Waals surface area contributed by atoms with Crippen LogP contribution in [0.5, 0.6) is 5.75 Å². The molecule has 0 bridgehead atoms. The van der Waals surface area contributed by atoms with Gasteiger partial charge < -0.3 is 15.4 Å². The molecule has 2 saturated heterocycles. The van der Waals surface area contributed by atoms with Gasteiger partial charge in [-0.05, 0) is 49.9 Å². The molecule has 1 aromatic carbocycles. The molecule has 0 unspecified atom stereocenters. The number of rotatable bonds is 5. The van der Waals surface area contributed by atoms with Crippen LogP contribution in [-0.4, -0.2) is 54.9 Å². The number of hydrogen-bond acceptors (Lipinski definition) is 4. The maximum atomic E-state index is 12.9. The van der Waals surface area contributed by atoms with Crippen LogP contribution in [0, 0.1) is 5.92 Å². The second-order valence-electron chi connectivity index (χ2n) is 7.67. The number of piperidine rings is 1. The number of nitrogens with zero attached hydrogens (tertiary/aromatic N) is 2. The first kappa shape index (κ1) is 19.7. The van der Waals surface area contributed by atoms with Crippen molar-refractivity contribution in [2.75, 3.05) is 33.3 Å². The molecule has 6 nitrogen and oxygen atoms in total. The van der Waals surface area contributed by atoms with E-state index in [-0.39, 0.29) is 23.8 Å². The highest BCUT2D eigenvalue weighted by atomic mass is 16.5. The van der Waals surface area contributed by atoms with E-state index in [9.17, 15) is 9.59 Å². The summed E-state index contributed by atoms with van der Waals surface area (Å²) < 4.78 is 5.27. The van der Waals surface area contributed by atoms with Crippen LogP contribution in [0.25, 0.3) is 0 Å². The van der Waals surface area contributed by atoms with E-state index in [1.807, 2.05) is 17.0 Å². The Bertz CT molecular complexity index is 639. The summed E-state index contributed by atoms with van der Waals surface area (Å²) in [5, 5.41) is 0. The molecule has 1 aromatic rings. The third-order valence-electron chi connectivity index (χ3n) is 5.95. The number of amides is 2. The molecule has 0 spiro atoms. The lowest BCUT2D eigenvalue weighted by Gasteiger charge is -2.35. The van der Waals surface area contributed by atoms with E-state index in [1.165, 1.54) is 18.4 Å². The Labute approximate surface area is 161 Å². The minimum Gasteiger partial charge on any atom is -0.497 e. The number of hydrogen-bond donors (Lipinski definition) is 1. The highest BCUT2D eigenvalue weighted by molar-refractivity contribution is 5.80. The molecule has 2 aliphatic rings. The Kier molecular flexibility index (Phi) is 6.72. The molecule has 0 aliphatic carbocycles. The van der Waals surface area contributed by atoms with Crippen LogP contribution < -0.4 is 10.5 Å². The van der Waals surface area contributed by atoms with Crippen molar-refractivity contribution in [2.24, 2.45) is 11.7 Å². The Morgan fingerprint density at radius 1 is 1.04 bits per heavy atom. The lowest BCUT2D eigenvalue weighted by molar-refractivity contribution is -0.136. The lowest BCUT2D eigenvalue weighted by atomic mass is 9.96. The number of carbonyl (C=O) groups is 2. The second kappa shape index (κ2) is 9.22. The first-order valence-electron chi connectivity index (χ1n) is 10.0. The molecular formula is C21H31N3O3. The molecule has 27 heavy (non-hydrogen) atoms. The molecule has 0 saturated carbocycles. The van der Waals surface area contributed by atoms with Crippen molar-refractivity contribution >= 4 is 11.8 Å². The monoisotopic (exact) mass is 373 g/mol. The van der Waals surface area contributed by atoms with Gasteiger partial charge >= 0.3 is 0 Å². The predicted molar refractivity (Wildman–Crippen MR) is 104 cm³/mol. The predicted octanol–water partition coefficient (Wildman–Crippen LogP) is 2.34. The molecule has 6 heteroatoms. The summed E-state index contributed by atoms with van der Waals surface area (Å²) in [6.07, 6.45) is 5.96. The van der Waals surface area contributed by atoms with Gasteiger partial charge in [-0.1, -0.05) is 25.0 Å². The Balaban J connectivity index is 1.64.